The number of rotatable bonds is 4. The van der Waals surface area contributed by atoms with E-state index in [0.29, 0.717) is 0 Å². The van der Waals surface area contributed by atoms with E-state index < -0.39 is 0 Å². The lowest BCUT2D eigenvalue weighted by atomic mass is 10.1. The second-order valence-corrected chi connectivity index (χ2v) is 4.59. The van der Waals surface area contributed by atoms with Crippen LogP contribution >= 0.6 is 0 Å². The van der Waals surface area contributed by atoms with Crippen LogP contribution in [0.1, 0.15) is 11.1 Å². The zero-order valence-electron chi connectivity index (χ0n) is 10.8. The highest BCUT2D eigenvalue weighted by atomic mass is 16.5. The first-order valence-electron chi connectivity index (χ1n) is 6.38. The van der Waals surface area contributed by atoms with Gasteiger partial charge in [-0.25, -0.2) is 0 Å². The molecule has 0 unspecified atom stereocenters. The van der Waals surface area contributed by atoms with Crippen LogP contribution in [0.4, 0.5) is 5.69 Å². The van der Waals surface area contributed by atoms with Crippen molar-refractivity contribution < 1.29 is 4.74 Å². The van der Waals surface area contributed by atoms with Gasteiger partial charge in [-0.3, -0.25) is 0 Å². The van der Waals surface area contributed by atoms with Crippen LogP contribution in [0, 0.1) is 6.92 Å². The normalized spacial score (nSPS) is 16.2. The number of hydrogen-bond acceptors (Lipinski definition) is 3. The van der Waals surface area contributed by atoms with E-state index in [-0.39, 0.29) is 0 Å². The average Bonchev–Trinajstić information content (AvgIpc) is 2.38. The maximum Gasteiger partial charge on any atom is 0.0642 e. The third kappa shape index (κ3) is 3.20. The summed E-state index contributed by atoms with van der Waals surface area (Å²) in [6.07, 6.45) is 1.09. The number of benzene rings is 1. The van der Waals surface area contributed by atoms with Gasteiger partial charge in [-0.2, -0.15) is 0 Å². The standard InChI is InChI=1S/C14H22N2O/c1-12-3-4-13(5-6-15-2)14(11-12)16-7-9-17-10-8-16/h3-4,11,15H,5-10H2,1-2H3. The maximum absolute atomic E-state index is 5.42. The number of nitrogens with zero attached hydrogens (tertiary/aromatic N) is 1. The molecule has 1 aromatic rings. The predicted molar refractivity (Wildman–Crippen MR) is 71.8 cm³/mol. The molecular weight excluding hydrogens is 212 g/mol. The van der Waals surface area contributed by atoms with Gasteiger partial charge in [0.05, 0.1) is 13.2 Å². The second kappa shape index (κ2) is 6.03. The predicted octanol–water partition coefficient (Wildman–Crippen LogP) is 1.59. The quantitative estimate of drug-likeness (QED) is 0.856. The Morgan fingerprint density at radius 2 is 2.06 bits per heavy atom. The van der Waals surface area contributed by atoms with E-state index in [1.807, 2.05) is 7.05 Å². The number of aryl methyl sites for hydroxylation is 1. The highest BCUT2D eigenvalue weighted by Crippen LogP contribution is 2.23. The summed E-state index contributed by atoms with van der Waals surface area (Å²) in [5.74, 6) is 0. The molecule has 1 N–H and O–H groups in total. The van der Waals surface area contributed by atoms with Crippen LogP contribution in [0.3, 0.4) is 0 Å². The first-order chi connectivity index (χ1) is 8.31. The molecule has 0 saturated carbocycles. The fourth-order valence-electron chi connectivity index (χ4n) is 2.24. The summed E-state index contributed by atoms with van der Waals surface area (Å²) >= 11 is 0. The number of nitrogens with one attached hydrogen (secondary N) is 1. The van der Waals surface area contributed by atoms with Crippen molar-refractivity contribution in [3.8, 4) is 0 Å². The topological polar surface area (TPSA) is 24.5 Å². The van der Waals surface area contributed by atoms with Gasteiger partial charge in [0, 0.05) is 18.8 Å². The van der Waals surface area contributed by atoms with Gasteiger partial charge in [0.15, 0.2) is 0 Å². The Balaban J connectivity index is 2.19. The largest absolute Gasteiger partial charge is 0.378 e. The third-order valence-corrected chi connectivity index (χ3v) is 3.24. The monoisotopic (exact) mass is 234 g/mol. The molecule has 1 aromatic carbocycles. The van der Waals surface area contributed by atoms with Gasteiger partial charge in [-0.1, -0.05) is 12.1 Å². The van der Waals surface area contributed by atoms with E-state index in [1.165, 1.54) is 16.8 Å². The van der Waals surface area contributed by atoms with Crippen molar-refractivity contribution in [1.82, 2.24) is 5.32 Å². The molecule has 0 spiro atoms. The van der Waals surface area contributed by atoms with Crippen molar-refractivity contribution in [3.05, 3.63) is 29.3 Å². The number of hydrogen-bond donors (Lipinski definition) is 1. The fraction of sp³-hybridized carbons (Fsp3) is 0.571. The van der Waals surface area contributed by atoms with E-state index >= 15 is 0 Å². The Labute approximate surface area is 104 Å². The van der Waals surface area contributed by atoms with Crippen LogP contribution in [0.15, 0.2) is 18.2 Å². The van der Waals surface area contributed by atoms with Crippen LogP contribution in [0.5, 0.6) is 0 Å². The average molecular weight is 234 g/mol. The highest BCUT2D eigenvalue weighted by molar-refractivity contribution is 5.56. The van der Waals surface area contributed by atoms with Gasteiger partial charge < -0.3 is 15.0 Å². The number of likely N-dealkylation sites (N-methyl/N-ethyl adjacent to an activating group) is 1. The first kappa shape index (κ1) is 12.4. The summed E-state index contributed by atoms with van der Waals surface area (Å²) in [4.78, 5) is 2.45. The van der Waals surface area contributed by atoms with Gasteiger partial charge >= 0.3 is 0 Å². The molecular formula is C14H22N2O. The number of anilines is 1. The molecule has 17 heavy (non-hydrogen) atoms. The molecule has 0 amide bonds. The molecule has 3 heteroatoms. The molecule has 1 aliphatic rings. The molecule has 0 aromatic heterocycles. The summed E-state index contributed by atoms with van der Waals surface area (Å²) in [5, 5.41) is 3.22. The molecule has 1 heterocycles. The minimum absolute atomic E-state index is 0.847. The summed E-state index contributed by atoms with van der Waals surface area (Å²) in [6.45, 7) is 6.90. The van der Waals surface area contributed by atoms with Crippen LogP contribution in [-0.4, -0.2) is 39.9 Å². The van der Waals surface area contributed by atoms with Gasteiger partial charge in [0.2, 0.25) is 0 Å². The van der Waals surface area contributed by atoms with Gasteiger partial charge in [-0.05, 0) is 44.1 Å². The van der Waals surface area contributed by atoms with E-state index in [9.17, 15) is 0 Å². The molecule has 2 rings (SSSR count). The molecule has 1 aliphatic heterocycles. The minimum atomic E-state index is 0.847. The van der Waals surface area contributed by atoms with E-state index in [0.717, 1.165) is 39.3 Å². The lowest BCUT2D eigenvalue weighted by Crippen LogP contribution is -2.37. The van der Waals surface area contributed by atoms with E-state index in [2.05, 4.69) is 35.3 Å². The van der Waals surface area contributed by atoms with Crippen molar-refractivity contribution >= 4 is 5.69 Å². The van der Waals surface area contributed by atoms with E-state index in [1.54, 1.807) is 0 Å². The summed E-state index contributed by atoms with van der Waals surface area (Å²) < 4.78 is 5.42. The molecule has 94 valence electrons. The number of ether oxygens (including phenoxy) is 1. The van der Waals surface area contributed by atoms with Gasteiger partial charge in [0.25, 0.3) is 0 Å². The maximum atomic E-state index is 5.42. The first-order valence-corrected chi connectivity index (χ1v) is 6.38. The van der Waals surface area contributed by atoms with Gasteiger partial charge in [-0.15, -0.1) is 0 Å². The van der Waals surface area contributed by atoms with Crippen molar-refractivity contribution in [2.45, 2.75) is 13.3 Å². The Morgan fingerprint density at radius 3 is 2.76 bits per heavy atom. The summed E-state index contributed by atoms with van der Waals surface area (Å²) in [6, 6.07) is 6.77. The van der Waals surface area contributed by atoms with Crippen molar-refractivity contribution in [1.29, 1.82) is 0 Å². The molecule has 0 atom stereocenters. The SMILES string of the molecule is CNCCc1ccc(C)cc1N1CCOCC1. The Hall–Kier alpha value is -1.06. The van der Waals surface area contributed by atoms with Crippen LogP contribution < -0.4 is 10.2 Å². The summed E-state index contributed by atoms with van der Waals surface area (Å²) in [7, 11) is 2.00. The minimum Gasteiger partial charge on any atom is -0.378 e. The molecule has 0 radical (unpaired) electrons. The van der Waals surface area contributed by atoms with Crippen LogP contribution in [0.25, 0.3) is 0 Å². The van der Waals surface area contributed by atoms with E-state index in [4.69, 9.17) is 4.74 Å². The van der Waals surface area contributed by atoms with Crippen molar-refractivity contribution in [2.75, 3.05) is 44.8 Å². The lowest BCUT2D eigenvalue weighted by molar-refractivity contribution is 0.122. The number of morpholine rings is 1. The Kier molecular flexibility index (Phi) is 4.40. The Bertz CT molecular complexity index is 359. The zero-order valence-corrected chi connectivity index (χ0v) is 10.8. The van der Waals surface area contributed by atoms with Gasteiger partial charge in [0.1, 0.15) is 0 Å². The molecule has 1 fully saturated rings. The van der Waals surface area contributed by atoms with Crippen molar-refractivity contribution in [2.24, 2.45) is 0 Å². The highest BCUT2D eigenvalue weighted by Gasteiger charge is 2.14. The van der Waals surface area contributed by atoms with Crippen LogP contribution in [-0.2, 0) is 11.2 Å². The third-order valence-electron chi connectivity index (χ3n) is 3.24. The fourth-order valence-corrected chi connectivity index (χ4v) is 2.24. The molecule has 0 aliphatic carbocycles. The Morgan fingerprint density at radius 1 is 1.29 bits per heavy atom. The van der Waals surface area contributed by atoms with Crippen molar-refractivity contribution in [3.63, 3.8) is 0 Å². The zero-order chi connectivity index (χ0) is 12.1. The molecule has 0 bridgehead atoms. The van der Waals surface area contributed by atoms with Crippen LogP contribution in [0.2, 0.25) is 0 Å². The molecule has 1 saturated heterocycles. The summed E-state index contributed by atoms with van der Waals surface area (Å²) in [5.41, 5.74) is 4.16. The second-order valence-electron chi connectivity index (χ2n) is 4.59. The molecule has 3 nitrogen and oxygen atoms in total. The smallest absolute Gasteiger partial charge is 0.0642 e. The lowest BCUT2D eigenvalue weighted by Gasteiger charge is -2.31.